The number of aryl methyl sites for hydroxylation is 1. The maximum Gasteiger partial charge on any atom is 0.139 e. The molecule has 3 aromatic rings. The van der Waals surface area contributed by atoms with Crippen LogP contribution >= 0.6 is 0 Å². The topological polar surface area (TPSA) is 73.2 Å². The third kappa shape index (κ3) is 3.06. The van der Waals surface area contributed by atoms with Gasteiger partial charge in [0.25, 0.3) is 0 Å². The third-order valence-corrected chi connectivity index (χ3v) is 6.09. The van der Waals surface area contributed by atoms with Crippen LogP contribution in [0.1, 0.15) is 12.8 Å². The van der Waals surface area contributed by atoms with Gasteiger partial charge in [-0.15, -0.1) is 0 Å². The van der Waals surface area contributed by atoms with Crippen molar-refractivity contribution < 1.29 is 9.50 Å². The molecule has 2 fully saturated rings. The lowest BCUT2D eigenvalue weighted by atomic mass is 9.81. The number of fused-ring (bicyclic) bond motifs is 1. The molecule has 7 nitrogen and oxygen atoms in total. The quantitative estimate of drug-likeness (QED) is 0.721. The summed E-state index contributed by atoms with van der Waals surface area (Å²) in [5, 5.41) is 15.8. The smallest absolute Gasteiger partial charge is 0.139 e. The Morgan fingerprint density at radius 1 is 1.25 bits per heavy atom. The van der Waals surface area contributed by atoms with Gasteiger partial charge in [-0.05, 0) is 25.0 Å². The lowest BCUT2D eigenvalue weighted by Crippen LogP contribution is -2.54. The average Bonchev–Trinajstić information content (AvgIpc) is 3.31. The van der Waals surface area contributed by atoms with Crippen LogP contribution in [-0.4, -0.2) is 68.3 Å². The second-order valence-corrected chi connectivity index (χ2v) is 7.94. The summed E-state index contributed by atoms with van der Waals surface area (Å²) in [4.78, 5) is 12.3. The predicted molar refractivity (Wildman–Crippen MR) is 106 cm³/mol. The number of hydrogen-bond acceptors (Lipinski definition) is 5. The molecular weight excluding hydrogens is 359 g/mol. The van der Waals surface area contributed by atoms with Gasteiger partial charge < -0.3 is 15.0 Å². The molecular formula is C20H25FN6O. The summed E-state index contributed by atoms with van der Waals surface area (Å²) in [6.45, 7) is 3.21. The largest absolute Gasteiger partial charge is 0.378 e. The van der Waals surface area contributed by atoms with Crippen LogP contribution < -0.4 is 4.90 Å². The van der Waals surface area contributed by atoms with Crippen molar-refractivity contribution in [1.82, 2.24) is 24.6 Å². The molecule has 0 amide bonds. The van der Waals surface area contributed by atoms with Crippen LogP contribution in [0.4, 0.5) is 10.1 Å². The summed E-state index contributed by atoms with van der Waals surface area (Å²) in [5.74, 6) is 0.0842. The molecule has 1 saturated heterocycles. The third-order valence-electron chi connectivity index (χ3n) is 6.09. The molecule has 4 heterocycles. The molecule has 0 spiro atoms. The van der Waals surface area contributed by atoms with Gasteiger partial charge in [0.15, 0.2) is 0 Å². The van der Waals surface area contributed by atoms with Crippen LogP contribution in [0.5, 0.6) is 0 Å². The van der Waals surface area contributed by atoms with Gasteiger partial charge in [-0.3, -0.25) is 9.58 Å². The Balaban J connectivity index is 1.33. The molecule has 1 atom stereocenters. The number of halogens is 1. The maximum atomic E-state index is 13.1. The van der Waals surface area contributed by atoms with Crippen LogP contribution in [0.2, 0.25) is 0 Å². The van der Waals surface area contributed by atoms with Gasteiger partial charge in [-0.25, -0.2) is 9.37 Å². The van der Waals surface area contributed by atoms with Crippen molar-refractivity contribution in [1.29, 1.82) is 0 Å². The lowest BCUT2D eigenvalue weighted by molar-refractivity contribution is -0.0867. The summed E-state index contributed by atoms with van der Waals surface area (Å²) in [6, 6.07) is 4.18. The number of anilines is 1. The van der Waals surface area contributed by atoms with Crippen LogP contribution in [0.15, 0.2) is 30.7 Å². The molecule has 0 aromatic carbocycles. The van der Waals surface area contributed by atoms with Gasteiger partial charge >= 0.3 is 0 Å². The standard InChI is InChI=1S/C20H25FN6O/c1-25-12-14(11-23-25)17-10-16-18(2-3-22-19(16)24-17)26-4-6-27(7-5-26)20(28)13-8-15(21)9-13/h2-3,10-13,15,20,28H,4-9H2,1H3,(H,22,24). The van der Waals surface area contributed by atoms with Gasteiger partial charge in [0.2, 0.25) is 0 Å². The first kappa shape index (κ1) is 17.6. The lowest BCUT2D eigenvalue weighted by Gasteiger charge is -2.43. The van der Waals surface area contributed by atoms with E-state index in [1.807, 2.05) is 25.6 Å². The molecule has 2 N–H and O–H groups in total. The van der Waals surface area contributed by atoms with E-state index in [4.69, 9.17) is 0 Å². The minimum Gasteiger partial charge on any atom is -0.378 e. The fraction of sp³-hybridized carbons (Fsp3) is 0.500. The average molecular weight is 384 g/mol. The first-order valence-corrected chi connectivity index (χ1v) is 9.86. The van der Waals surface area contributed by atoms with Crippen LogP contribution in [0.25, 0.3) is 22.3 Å². The van der Waals surface area contributed by atoms with E-state index in [0.717, 1.165) is 54.2 Å². The van der Waals surface area contributed by atoms with Crippen LogP contribution in [0.3, 0.4) is 0 Å². The van der Waals surface area contributed by atoms with E-state index < -0.39 is 12.4 Å². The van der Waals surface area contributed by atoms with Gasteiger partial charge in [-0.2, -0.15) is 5.10 Å². The number of aromatic nitrogens is 4. The Bertz CT molecular complexity index is 970. The number of nitrogens with one attached hydrogen (secondary N) is 1. The maximum absolute atomic E-state index is 13.1. The Hall–Kier alpha value is -2.45. The second kappa shape index (κ2) is 6.86. The number of H-pyrrole nitrogens is 1. The summed E-state index contributed by atoms with van der Waals surface area (Å²) in [5.41, 5.74) is 4.05. The van der Waals surface area contributed by atoms with Crippen LogP contribution in [0, 0.1) is 5.92 Å². The molecule has 148 valence electrons. The Kier molecular flexibility index (Phi) is 4.32. The fourth-order valence-electron chi connectivity index (χ4n) is 4.36. The number of aliphatic hydroxyl groups excluding tert-OH is 1. The SMILES string of the molecule is Cn1cc(-c2cc3c(N4CCN(C(O)C5CC(F)C5)CC4)ccnc3[nH]2)cn1. The molecule has 28 heavy (non-hydrogen) atoms. The normalized spacial score (nSPS) is 24.5. The van der Waals surface area contributed by atoms with Crippen molar-refractivity contribution in [2.24, 2.45) is 13.0 Å². The minimum atomic E-state index is -0.728. The van der Waals surface area contributed by atoms with E-state index in [-0.39, 0.29) is 5.92 Å². The van der Waals surface area contributed by atoms with Gasteiger partial charge in [0, 0.05) is 68.2 Å². The van der Waals surface area contributed by atoms with E-state index in [1.54, 1.807) is 4.68 Å². The van der Waals surface area contributed by atoms with Crippen molar-refractivity contribution in [3.63, 3.8) is 0 Å². The highest BCUT2D eigenvalue weighted by Gasteiger charge is 2.38. The second-order valence-electron chi connectivity index (χ2n) is 7.94. The van der Waals surface area contributed by atoms with Crippen molar-refractivity contribution in [3.8, 4) is 11.3 Å². The fourth-order valence-corrected chi connectivity index (χ4v) is 4.36. The van der Waals surface area contributed by atoms with E-state index >= 15 is 0 Å². The molecule has 1 aliphatic carbocycles. The zero-order valence-electron chi connectivity index (χ0n) is 15.9. The van der Waals surface area contributed by atoms with Crippen molar-refractivity contribution in [3.05, 3.63) is 30.7 Å². The minimum absolute atomic E-state index is 0.0842. The molecule has 0 bridgehead atoms. The Morgan fingerprint density at radius 3 is 2.71 bits per heavy atom. The van der Waals surface area contributed by atoms with Crippen molar-refractivity contribution in [2.75, 3.05) is 31.1 Å². The highest BCUT2D eigenvalue weighted by atomic mass is 19.1. The zero-order chi connectivity index (χ0) is 19.3. The van der Waals surface area contributed by atoms with Gasteiger partial charge in [-0.1, -0.05) is 0 Å². The van der Waals surface area contributed by atoms with E-state index in [0.29, 0.717) is 12.8 Å². The number of aromatic amines is 1. The number of piperazine rings is 1. The zero-order valence-corrected chi connectivity index (χ0v) is 15.9. The highest BCUT2D eigenvalue weighted by Crippen LogP contribution is 2.35. The first-order valence-electron chi connectivity index (χ1n) is 9.86. The molecule has 3 aromatic heterocycles. The summed E-state index contributed by atoms with van der Waals surface area (Å²) in [6.07, 6.45) is 5.39. The molecule has 5 rings (SSSR count). The molecule has 1 aliphatic heterocycles. The number of hydrogen-bond donors (Lipinski definition) is 2. The van der Waals surface area contributed by atoms with Crippen LogP contribution in [-0.2, 0) is 7.05 Å². The Labute approximate surface area is 162 Å². The molecule has 2 aliphatic rings. The Morgan fingerprint density at radius 2 is 2.04 bits per heavy atom. The number of pyridine rings is 1. The molecule has 1 saturated carbocycles. The molecule has 1 unspecified atom stereocenters. The number of nitrogens with zero attached hydrogens (tertiary/aromatic N) is 5. The van der Waals surface area contributed by atoms with Crippen molar-refractivity contribution >= 4 is 16.7 Å². The summed E-state index contributed by atoms with van der Waals surface area (Å²) < 4.78 is 14.9. The van der Waals surface area contributed by atoms with Gasteiger partial charge in [0.05, 0.1) is 11.9 Å². The highest BCUT2D eigenvalue weighted by molar-refractivity contribution is 5.93. The molecule has 8 heteroatoms. The van der Waals surface area contributed by atoms with Crippen molar-refractivity contribution in [2.45, 2.75) is 25.2 Å². The predicted octanol–water partition coefficient (Wildman–Crippen LogP) is 2.15. The van der Waals surface area contributed by atoms with E-state index in [9.17, 15) is 9.50 Å². The summed E-state index contributed by atoms with van der Waals surface area (Å²) >= 11 is 0. The molecule has 0 radical (unpaired) electrons. The van der Waals surface area contributed by atoms with Gasteiger partial charge in [0.1, 0.15) is 18.0 Å². The number of alkyl halides is 1. The monoisotopic (exact) mass is 384 g/mol. The van der Waals surface area contributed by atoms with E-state index in [2.05, 4.69) is 37.0 Å². The van der Waals surface area contributed by atoms with E-state index in [1.165, 1.54) is 0 Å². The summed E-state index contributed by atoms with van der Waals surface area (Å²) in [7, 11) is 1.90. The number of aliphatic hydroxyl groups is 1. The first-order chi connectivity index (χ1) is 13.6. The number of rotatable bonds is 4.